The van der Waals surface area contributed by atoms with Crippen molar-refractivity contribution in [2.75, 3.05) is 0 Å². The lowest BCUT2D eigenvalue weighted by Gasteiger charge is -1.79. The van der Waals surface area contributed by atoms with E-state index in [1.807, 2.05) is 33.8 Å². The summed E-state index contributed by atoms with van der Waals surface area (Å²) in [6, 6.07) is 1.91. The quantitative estimate of drug-likeness (QED) is 0.418. The van der Waals surface area contributed by atoms with Gasteiger partial charge in [-0.2, -0.15) is 0 Å². The summed E-state index contributed by atoms with van der Waals surface area (Å²) < 4.78 is 0. The van der Waals surface area contributed by atoms with Crippen molar-refractivity contribution < 1.29 is 4.79 Å². The Hall–Kier alpha value is -0.160. The fourth-order valence-electron chi connectivity index (χ4n) is 0.660. The predicted molar refractivity (Wildman–Crippen MR) is 77.2 cm³/mol. The number of aryl methyl sites for hydroxylation is 2. The Kier molecular flexibility index (Phi) is 17.8. The Balaban J connectivity index is -0.000000216. The molecular formula is C11H19IOS. The van der Waals surface area contributed by atoms with Gasteiger partial charge in [-0.1, -0.05) is 13.8 Å². The maximum Gasteiger partial charge on any atom is 0.160 e. The minimum atomic E-state index is 0. The SMILES string of the molecule is C=C.CC.Cc1cc(C=O)sc1C.I. The second-order valence-electron chi connectivity index (χ2n) is 2.01. The van der Waals surface area contributed by atoms with Gasteiger partial charge < -0.3 is 0 Å². The van der Waals surface area contributed by atoms with Gasteiger partial charge in [0, 0.05) is 4.88 Å². The van der Waals surface area contributed by atoms with Crippen LogP contribution in [0.5, 0.6) is 0 Å². The van der Waals surface area contributed by atoms with Gasteiger partial charge in [0.15, 0.2) is 6.29 Å². The largest absolute Gasteiger partial charge is 0.297 e. The maximum absolute atomic E-state index is 10.2. The molecule has 0 aliphatic rings. The van der Waals surface area contributed by atoms with Crippen LogP contribution in [0, 0.1) is 13.8 Å². The summed E-state index contributed by atoms with van der Waals surface area (Å²) in [6.45, 7) is 14.0. The van der Waals surface area contributed by atoms with Gasteiger partial charge in [-0.3, -0.25) is 4.79 Å². The molecule has 0 N–H and O–H groups in total. The number of thiophene rings is 1. The lowest BCUT2D eigenvalue weighted by atomic mass is 10.3. The highest BCUT2D eigenvalue weighted by Gasteiger charge is 1.97. The minimum Gasteiger partial charge on any atom is -0.297 e. The molecule has 0 amide bonds. The van der Waals surface area contributed by atoms with Crippen LogP contribution >= 0.6 is 35.3 Å². The predicted octanol–water partition coefficient (Wildman–Crippen LogP) is 4.62. The molecule has 0 saturated heterocycles. The molecule has 0 aliphatic carbocycles. The van der Waals surface area contributed by atoms with Crippen LogP contribution in [0.3, 0.4) is 0 Å². The van der Waals surface area contributed by atoms with E-state index in [1.54, 1.807) is 11.3 Å². The van der Waals surface area contributed by atoms with Crippen LogP contribution in [0.25, 0.3) is 0 Å². The zero-order valence-electron chi connectivity index (χ0n) is 9.29. The second-order valence-corrected chi connectivity index (χ2v) is 3.29. The molecule has 0 atom stereocenters. The molecule has 1 aromatic heterocycles. The smallest absolute Gasteiger partial charge is 0.160 e. The van der Waals surface area contributed by atoms with Crippen molar-refractivity contribution in [3.63, 3.8) is 0 Å². The van der Waals surface area contributed by atoms with Crippen molar-refractivity contribution in [1.29, 1.82) is 0 Å². The summed E-state index contributed by atoms with van der Waals surface area (Å²) >= 11 is 1.55. The summed E-state index contributed by atoms with van der Waals surface area (Å²) in [4.78, 5) is 12.2. The third kappa shape index (κ3) is 7.26. The highest BCUT2D eigenvalue weighted by atomic mass is 127. The van der Waals surface area contributed by atoms with Gasteiger partial charge in [0.1, 0.15) is 0 Å². The van der Waals surface area contributed by atoms with E-state index in [0.717, 1.165) is 11.2 Å². The Labute approximate surface area is 108 Å². The van der Waals surface area contributed by atoms with E-state index in [9.17, 15) is 4.79 Å². The molecule has 1 heterocycles. The Morgan fingerprint density at radius 3 is 1.86 bits per heavy atom. The van der Waals surface area contributed by atoms with Crippen molar-refractivity contribution >= 4 is 41.6 Å². The third-order valence-corrected chi connectivity index (χ3v) is 2.38. The molecule has 0 spiro atoms. The third-order valence-electron chi connectivity index (χ3n) is 1.30. The van der Waals surface area contributed by atoms with Gasteiger partial charge in [-0.15, -0.1) is 48.5 Å². The van der Waals surface area contributed by atoms with Gasteiger partial charge in [0.2, 0.25) is 0 Å². The molecule has 0 saturated carbocycles. The molecule has 3 heteroatoms. The van der Waals surface area contributed by atoms with E-state index >= 15 is 0 Å². The van der Waals surface area contributed by atoms with Crippen LogP contribution in [-0.4, -0.2) is 6.29 Å². The molecule has 82 valence electrons. The van der Waals surface area contributed by atoms with E-state index < -0.39 is 0 Å². The van der Waals surface area contributed by atoms with Crippen LogP contribution in [0.1, 0.15) is 34.0 Å². The molecule has 0 aromatic carbocycles. The molecule has 0 unspecified atom stereocenters. The fraction of sp³-hybridized carbons (Fsp3) is 0.364. The van der Waals surface area contributed by atoms with Crippen LogP contribution in [0.4, 0.5) is 0 Å². The maximum atomic E-state index is 10.2. The monoisotopic (exact) mass is 326 g/mol. The highest BCUT2D eigenvalue weighted by Crippen LogP contribution is 2.18. The molecule has 1 rings (SSSR count). The first-order chi connectivity index (χ1) is 6.24. The average Bonchev–Trinajstić information content (AvgIpc) is 2.53. The second kappa shape index (κ2) is 12.8. The van der Waals surface area contributed by atoms with Gasteiger partial charge >= 0.3 is 0 Å². The number of halogens is 1. The number of carbonyl (C=O) groups is 1. The lowest BCUT2D eigenvalue weighted by molar-refractivity contribution is 0.112. The first-order valence-electron chi connectivity index (χ1n) is 4.26. The number of carbonyl (C=O) groups excluding carboxylic acids is 1. The molecule has 14 heavy (non-hydrogen) atoms. The van der Waals surface area contributed by atoms with E-state index in [4.69, 9.17) is 0 Å². The molecule has 1 nitrogen and oxygen atoms in total. The van der Waals surface area contributed by atoms with E-state index in [1.165, 1.54) is 10.4 Å². The normalized spacial score (nSPS) is 6.86. The summed E-state index contributed by atoms with van der Waals surface area (Å²) in [5.74, 6) is 0. The van der Waals surface area contributed by atoms with Crippen molar-refractivity contribution in [1.82, 2.24) is 0 Å². The lowest BCUT2D eigenvalue weighted by Crippen LogP contribution is -1.65. The first kappa shape index (κ1) is 19.4. The van der Waals surface area contributed by atoms with Gasteiger partial charge in [0.25, 0.3) is 0 Å². The van der Waals surface area contributed by atoms with Crippen molar-refractivity contribution in [2.45, 2.75) is 27.7 Å². The van der Waals surface area contributed by atoms with E-state index in [-0.39, 0.29) is 24.0 Å². The number of rotatable bonds is 1. The molecule has 0 bridgehead atoms. The number of hydrogen-bond donors (Lipinski definition) is 0. The Morgan fingerprint density at radius 1 is 1.29 bits per heavy atom. The van der Waals surface area contributed by atoms with Crippen LogP contribution in [0.15, 0.2) is 19.2 Å². The summed E-state index contributed by atoms with van der Waals surface area (Å²) in [5.41, 5.74) is 1.21. The standard InChI is InChI=1S/C7H8OS.C2H6.C2H4.HI/c1-5-3-7(4-8)9-6(5)2;2*1-2;/h3-4H,1-2H3;1-2H3;1-2H2;1H. The van der Waals surface area contributed by atoms with Gasteiger partial charge in [-0.05, 0) is 25.5 Å². The van der Waals surface area contributed by atoms with Crippen molar-refractivity contribution in [3.05, 3.63) is 34.5 Å². The average molecular weight is 326 g/mol. The van der Waals surface area contributed by atoms with Crippen LogP contribution in [0.2, 0.25) is 0 Å². The Morgan fingerprint density at radius 2 is 1.71 bits per heavy atom. The Bertz CT molecular complexity index is 224. The molecule has 0 fully saturated rings. The summed E-state index contributed by atoms with van der Waals surface area (Å²) in [7, 11) is 0. The highest BCUT2D eigenvalue weighted by molar-refractivity contribution is 14.0. The summed E-state index contributed by atoms with van der Waals surface area (Å²) in [5, 5.41) is 0. The molecule has 0 aliphatic heterocycles. The van der Waals surface area contributed by atoms with E-state index in [2.05, 4.69) is 13.2 Å². The molecule has 1 aromatic rings. The van der Waals surface area contributed by atoms with Crippen LogP contribution < -0.4 is 0 Å². The molecular weight excluding hydrogens is 307 g/mol. The summed E-state index contributed by atoms with van der Waals surface area (Å²) in [6.07, 6.45) is 0.894. The topological polar surface area (TPSA) is 17.1 Å². The number of hydrogen-bond acceptors (Lipinski definition) is 2. The zero-order valence-corrected chi connectivity index (χ0v) is 12.4. The zero-order chi connectivity index (χ0) is 10.9. The van der Waals surface area contributed by atoms with Crippen molar-refractivity contribution in [2.24, 2.45) is 0 Å². The molecule has 0 radical (unpaired) electrons. The fourth-order valence-corrected chi connectivity index (χ4v) is 1.52. The van der Waals surface area contributed by atoms with Gasteiger partial charge in [-0.25, -0.2) is 0 Å². The van der Waals surface area contributed by atoms with Crippen molar-refractivity contribution in [3.8, 4) is 0 Å². The minimum absolute atomic E-state index is 0. The van der Waals surface area contributed by atoms with E-state index in [0.29, 0.717) is 0 Å². The first-order valence-corrected chi connectivity index (χ1v) is 5.08. The van der Waals surface area contributed by atoms with Gasteiger partial charge in [0.05, 0.1) is 4.88 Å². The van der Waals surface area contributed by atoms with Crippen LogP contribution in [-0.2, 0) is 0 Å². The number of aldehydes is 1.